The maximum Gasteiger partial charge on any atom is 0.281 e. The molecule has 0 saturated heterocycles. The maximum absolute atomic E-state index is 12.0. The topological polar surface area (TPSA) is 40.6 Å². The van der Waals surface area contributed by atoms with Gasteiger partial charge in [0.2, 0.25) is 0 Å². The minimum atomic E-state index is -0.332. The van der Waals surface area contributed by atoms with Crippen LogP contribution in [0, 0.1) is 0 Å². The van der Waals surface area contributed by atoms with Crippen LogP contribution in [0.4, 0.5) is 5.69 Å². The Morgan fingerprint density at radius 1 is 1.12 bits per heavy atom. The Kier molecular flexibility index (Phi) is 2.90. The van der Waals surface area contributed by atoms with Crippen molar-refractivity contribution in [1.82, 2.24) is 4.90 Å². The standard InChI is InChI=1S/C12H11ClN2O2/c1-14(2)10-7-11(16)15(12(10)17)9-5-3-8(13)4-6-9/h3-7H,1-2H3. The first-order valence-electron chi connectivity index (χ1n) is 5.03. The molecule has 1 aliphatic rings. The van der Waals surface area contributed by atoms with E-state index in [1.807, 2.05) is 0 Å². The van der Waals surface area contributed by atoms with Crippen LogP contribution in [0.25, 0.3) is 0 Å². The molecule has 0 aliphatic carbocycles. The molecule has 5 heteroatoms. The van der Waals surface area contributed by atoms with Crippen LogP contribution in [0.1, 0.15) is 0 Å². The van der Waals surface area contributed by atoms with E-state index < -0.39 is 0 Å². The van der Waals surface area contributed by atoms with Crippen molar-refractivity contribution in [3.05, 3.63) is 41.1 Å². The molecular weight excluding hydrogens is 240 g/mol. The molecular formula is C12H11ClN2O2. The van der Waals surface area contributed by atoms with Gasteiger partial charge in [-0.2, -0.15) is 0 Å². The number of halogens is 1. The van der Waals surface area contributed by atoms with Gasteiger partial charge in [0.1, 0.15) is 5.70 Å². The number of rotatable bonds is 2. The summed E-state index contributed by atoms with van der Waals surface area (Å²) in [5.74, 6) is -0.650. The molecule has 2 amide bonds. The van der Waals surface area contributed by atoms with Crippen molar-refractivity contribution in [2.45, 2.75) is 0 Å². The van der Waals surface area contributed by atoms with Gasteiger partial charge in [0.25, 0.3) is 11.8 Å². The second kappa shape index (κ2) is 4.22. The zero-order valence-corrected chi connectivity index (χ0v) is 10.2. The molecule has 0 unspecified atom stereocenters. The van der Waals surface area contributed by atoms with Crippen molar-refractivity contribution in [2.24, 2.45) is 0 Å². The summed E-state index contributed by atoms with van der Waals surface area (Å²) in [4.78, 5) is 26.5. The van der Waals surface area contributed by atoms with Gasteiger partial charge in [-0.25, -0.2) is 4.90 Å². The van der Waals surface area contributed by atoms with Crippen molar-refractivity contribution >= 4 is 29.1 Å². The molecule has 0 saturated carbocycles. The van der Waals surface area contributed by atoms with E-state index in [2.05, 4.69) is 0 Å². The lowest BCUT2D eigenvalue weighted by Crippen LogP contribution is -2.33. The molecule has 0 N–H and O–H groups in total. The maximum atomic E-state index is 12.0. The lowest BCUT2D eigenvalue weighted by Gasteiger charge is -2.17. The van der Waals surface area contributed by atoms with Gasteiger partial charge in [-0.05, 0) is 24.3 Å². The van der Waals surface area contributed by atoms with Gasteiger partial charge < -0.3 is 4.90 Å². The number of anilines is 1. The minimum absolute atomic E-state index is 0.317. The third kappa shape index (κ3) is 2.03. The van der Waals surface area contributed by atoms with Crippen LogP contribution < -0.4 is 4.90 Å². The van der Waals surface area contributed by atoms with Crippen LogP contribution in [0.2, 0.25) is 5.02 Å². The molecule has 0 aromatic heterocycles. The summed E-state index contributed by atoms with van der Waals surface area (Å²) in [5, 5.41) is 0.564. The molecule has 1 aromatic carbocycles. The average molecular weight is 251 g/mol. The SMILES string of the molecule is CN(C)C1=CC(=O)N(c2ccc(Cl)cc2)C1=O. The molecule has 1 heterocycles. The fourth-order valence-electron chi connectivity index (χ4n) is 1.61. The lowest BCUT2D eigenvalue weighted by atomic mass is 10.3. The van der Waals surface area contributed by atoms with Gasteiger partial charge >= 0.3 is 0 Å². The molecule has 17 heavy (non-hydrogen) atoms. The Morgan fingerprint density at radius 3 is 2.18 bits per heavy atom. The zero-order chi connectivity index (χ0) is 12.6. The number of imide groups is 1. The third-order valence-electron chi connectivity index (χ3n) is 2.47. The van der Waals surface area contributed by atoms with Crippen LogP contribution in [-0.4, -0.2) is 30.8 Å². The summed E-state index contributed by atoms with van der Waals surface area (Å²) >= 11 is 5.76. The lowest BCUT2D eigenvalue weighted by molar-refractivity contribution is -0.120. The molecule has 1 aliphatic heterocycles. The quantitative estimate of drug-likeness (QED) is 0.750. The van der Waals surface area contributed by atoms with E-state index >= 15 is 0 Å². The molecule has 0 radical (unpaired) electrons. The predicted octanol–water partition coefficient (Wildman–Crippen LogP) is 1.66. The highest BCUT2D eigenvalue weighted by Gasteiger charge is 2.33. The Balaban J connectivity index is 2.34. The Bertz CT molecular complexity index is 506. The van der Waals surface area contributed by atoms with Gasteiger partial charge in [0.05, 0.1) is 5.69 Å². The molecule has 88 valence electrons. The number of carbonyl (C=O) groups is 2. The molecule has 0 bridgehead atoms. The first-order valence-corrected chi connectivity index (χ1v) is 5.41. The molecule has 2 rings (SSSR count). The third-order valence-corrected chi connectivity index (χ3v) is 2.72. The number of carbonyl (C=O) groups excluding carboxylic acids is 2. The summed E-state index contributed by atoms with van der Waals surface area (Å²) in [7, 11) is 3.45. The molecule has 0 spiro atoms. The first-order chi connectivity index (χ1) is 8.00. The minimum Gasteiger partial charge on any atom is -0.373 e. The number of likely N-dealkylation sites (N-methyl/N-ethyl adjacent to an activating group) is 1. The highest BCUT2D eigenvalue weighted by molar-refractivity contribution is 6.32. The normalized spacial score (nSPS) is 15.2. The fraction of sp³-hybridized carbons (Fsp3) is 0.167. The summed E-state index contributed by atoms with van der Waals surface area (Å²) in [6, 6.07) is 6.57. The summed E-state index contributed by atoms with van der Waals surface area (Å²) in [5.41, 5.74) is 0.905. The van der Waals surface area contributed by atoms with Gasteiger partial charge in [-0.3, -0.25) is 9.59 Å². The van der Waals surface area contributed by atoms with E-state index in [0.717, 1.165) is 4.90 Å². The number of hydrogen-bond acceptors (Lipinski definition) is 3. The van der Waals surface area contributed by atoms with Crippen molar-refractivity contribution in [1.29, 1.82) is 0 Å². The Hall–Kier alpha value is -1.81. The Morgan fingerprint density at radius 2 is 1.71 bits per heavy atom. The van der Waals surface area contributed by atoms with E-state index in [1.165, 1.54) is 6.08 Å². The monoisotopic (exact) mass is 250 g/mol. The van der Waals surface area contributed by atoms with Crippen LogP contribution in [-0.2, 0) is 9.59 Å². The van der Waals surface area contributed by atoms with E-state index in [4.69, 9.17) is 11.6 Å². The van der Waals surface area contributed by atoms with Crippen molar-refractivity contribution in [3.63, 3.8) is 0 Å². The Labute approximate surface area is 104 Å². The largest absolute Gasteiger partial charge is 0.373 e. The second-order valence-electron chi connectivity index (χ2n) is 3.88. The number of hydrogen-bond donors (Lipinski definition) is 0. The predicted molar refractivity (Wildman–Crippen MR) is 65.7 cm³/mol. The molecule has 4 nitrogen and oxygen atoms in total. The summed E-state index contributed by atoms with van der Waals surface area (Å²) in [6.07, 6.45) is 1.33. The van der Waals surface area contributed by atoms with E-state index in [1.54, 1.807) is 43.3 Å². The van der Waals surface area contributed by atoms with Gasteiger partial charge in [-0.15, -0.1) is 0 Å². The van der Waals surface area contributed by atoms with Crippen molar-refractivity contribution in [2.75, 3.05) is 19.0 Å². The van der Waals surface area contributed by atoms with E-state index in [-0.39, 0.29) is 11.8 Å². The summed E-state index contributed by atoms with van der Waals surface area (Å²) < 4.78 is 0. The molecule has 1 aromatic rings. The van der Waals surface area contributed by atoms with Crippen molar-refractivity contribution in [3.8, 4) is 0 Å². The van der Waals surface area contributed by atoms with E-state index in [0.29, 0.717) is 16.4 Å². The highest BCUT2D eigenvalue weighted by atomic mass is 35.5. The number of amides is 2. The van der Waals surface area contributed by atoms with Gasteiger partial charge in [0, 0.05) is 25.2 Å². The number of benzene rings is 1. The molecule has 0 fully saturated rings. The summed E-state index contributed by atoms with van der Waals surface area (Å²) in [6.45, 7) is 0. The van der Waals surface area contributed by atoms with Crippen LogP contribution in [0.3, 0.4) is 0 Å². The molecule has 0 atom stereocenters. The fourth-order valence-corrected chi connectivity index (χ4v) is 1.74. The van der Waals surface area contributed by atoms with Crippen molar-refractivity contribution < 1.29 is 9.59 Å². The second-order valence-corrected chi connectivity index (χ2v) is 4.32. The average Bonchev–Trinajstić information content (AvgIpc) is 2.56. The zero-order valence-electron chi connectivity index (χ0n) is 9.48. The smallest absolute Gasteiger partial charge is 0.281 e. The first kappa shape index (κ1) is 11.7. The van der Waals surface area contributed by atoms with Crippen LogP contribution in [0.15, 0.2) is 36.0 Å². The van der Waals surface area contributed by atoms with Gasteiger partial charge in [-0.1, -0.05) is 11.6 Å². The van der Waals surface area contributed by atoms with E-state index in [9.17, 15) is 9.59 Å². The highest BCUT2D eigenvalue weighted by Crippen LogP contribution is 2.24. The number of nitrogens with zero attached hydrogens (tertiary/aromatic N) is 2. The van der Waals surface area contributed by atoms with Crippen LogP contribution in [0.5, 0.6) is 0 Å². The van der Waals surface area contributed by atoms with Gasteiger partial charge in [0.15, 0.2) is 0 Å². The van der Waals surface area contributed by atoms with Crippen LogP contribution >= 0.6 is 11.6 Å².